The topological polar surface area (TPSA) is 74.2 Å². The summed E-state index contributed by atoms with van der Waals surface area (Å²) in [5.41, 5.74) is 7.05. The Kier molecular flexibility index (Phi) is 4.74. The highest BCUT2D eigenvalue weighted by Gasteiger charge is 2.15. The number of hydrogen-bond acceptors (Lipinski definition) is 5. The third-order valence-corrected chi connectivity index (χ3v) is 3.32. The average molecular weight is 275 g/mol. The smallest absolute Gasteiger partial charge is 0.228 e. The Labute approximate surface area is 119 Å². The van der Waals surface area contributed by atoms with Crippen LogP contribution in [0.2, 0.25) is 0 Å². The Balaban J connectivity index is 2.06. The molecule has 0 spiro atoms. The van der Waals surface area contributed by atoms with E-state index in [4.69, 9.17) is 15.0 Å². The predicted molar refractivity (Wildman–Crippen MR) is 76.6 cm³/mol. The van der Waals surface area contributed by atoms with Crippen LogP contribution in [0.25, 0.3) is 0 Å². The first-order valence-corrected chi connectivity index (χ1v) is 6.79. The molecule has 0 fully saturated rings. The van der Waals surface area contributed by atoms with E-state index in [9.17, 15) is 0 Å². The Hall–Kier alpha value is -1.88. The number of para-hydroxylation sites is 1. The molecule has 0 amide bonds. The molecule has 1 unspecified atom stereocenters. The average Bonchev–Trinajstić information content (AvgIpc) is 2.86. The molecule has 1 aromatic carbocycles. The summed E-state index contributed by atoms with van der Waals surface area (Å²) in [6.45, 7) is 4.16. The van der Waals surface area contributed by atoms with E-state index in [2.05, 4.69) is 24.0 Å². The van der Waals surface area contributed by atoms with Gasteiger partial charge in [-0.2, -0.15) is 4.98 Å². The van der Waals surface area contributed by atoms with Crippen LogP contribution in [0, 0.1) is 5.92 Å². The quantitative estimate of drug-likeness (QED) is 0.874. The van der Waals surface area contributed by atoms with Crippen LogP contribution in [0.15, 0.2) is 28.8 Å². The molecule has 1 aromatic heterocycles. The first-order chi connectivity index (χ1) is 9.60. The lowest BCUT2D eigenvalue weighted by Crippen LogP contribution is -2.28. The lowest BCUT2D eigenvalue weighted by atomic mass is 10.0. The Morgan fingerprint density at radius 2 is 2.05 bits per heavy atom. The summed E-state index contributed by atoms with van der Waals surface area (Å²) in [7, 11) is 1.65. The summed E-state index contributed by atoms with van der Waals surface area (Å²) in [5, 5.41) is 4.00. The van der Waals surface area contributed by atoms with Crippen molar-refractivity contribution in [2.75, 3.05) is 7.11 Å². The fraction of sp³-hybridized carbons (Fsp3) is 0.467. The molecular weight excluding hydrogens is 254 g/mol. The largest absolute Gasteiger partial charge is 0.496 e. The van der Waals surface area contributed by atoms with E-state index in [1.807, 2.05) is 24.3 Å². The maximum Gasteiger partial charge on any atom is 0.228 e. The molecule has 0 aliphatic carbocycles. The van der Waals surface area contributed by atoms with E-state index in [0.29, 0.717) is 30.5 Å². The van der Waals surface area contributed by atoms with Gasteiger partial charge in [0.15, 0.2) is 5.82 Å². The van der Waals surface area contributed by atoms with E-state index in [-0.39, 0.29) is 6.04 Å². The van der Waals surface area contributed by atoms with Gasteiger partial charge in [-0.25, -0.2) is 0 Å². The molecule has 0 radical (unpaired) electrons. The van der Waals surface area contributed by atoms with Crippen molar-refractivity contribution in [2.24, 2.45) is 11.7 Å². The Morgan fingerprint density at radius 1 is 1.30 bits per heavy atom. The number of ether oxygens (including phenoxy) is 1. The van der Waals surface area contributed by atoms with Gasteiger partial charge >= 0.3 is 0 Å². The second kappa shape index (κ2) is 6.52. The van der Waals surface area contributed by atoms with Gasteiger partial charge in [-0.15, -0.1) is 0 Å². The number of aromatic nitrogens is 2. The van der Waals surface area contributed by atoms with Crippen LogP contribution in [0.1, 0.15) is 31.1 Å². The molecule has 2 aromatic rings. The van der Waals surface area contributed by atoms with Crippen LogP contribution in [0.3, 0.4) is 0 Å². The summed E-state index contributed by atoms with van der Waals surface area (Å²) in [6, 6.07) is 7.85. The van der Waals surface area contributed by atoms with Crippen LogP contribution < -0.4 is 10.5 Å². The molecule has 0 bridgehead atoms. The van der Waals surface area contributed by atoms with E-state index in [0.717, 1.165) is 11.3 Å². The van der Waals surface area contributed by atoms with E-state index in [1.165, 1.54) is 0 Å². The molecule has 5 nitrogen and oxygen atoms in total. The highest BCUT2D eigenvalue weighted by atomic mass is 16.5. The number of rotatable bonds is 6. The lowest BCUT2D eigenvalue weighted by molar-refractivity contribution is 0.350. The zero-order valence-corrected chi connectivity index (χ0v) is 12.2. The number of methoxy groups -OCH3 is 1. The molecule has 108 valence electrons. The van der Waals surface area contributed by atoms with E-state index >= 15 is 0 Å². The normalized spacial score (nSPS) is 12.7. The van der Waals surface area contributed by atoms with E-state index < -0.39 is 0 Å². The SMILES string of the molecule is COc1ccccc1Cc1noc(CC(N)C(C)C)n1. The molecule has 2 N–H and O–H groups in total. The minimum atomic E-state index is 0.0366. The molecule has 20 heavy (non-hydrogen) atoms. The van der Waals surface area contributed by atoms with Crippen molar-refractivity contribution in [3.05, 3.63) is 41.5 Å². The van der Waals surface area contributed by atoms with Crippen molar-refractivity contribution in [1.29, 1.82) is 0 Å². The molecule has 0 aliphatic heterocycles. The summed E-state index contributed by atoms with van der Waals surface area (Å²) >= 11 is 0. The van der Waals surface area contributed by atoms with Crippen molar-refractivity contribution in [2.45, 2.75) is 32.7 Å². The summed E-state index contributed by atoms with van der Waals surface area (Å²) in [5.74, 6) is 2.47. The van der Waals surface area contributed by atoms with Crippen LogP contribution in [-0.2, 0) is 12.8 Å². The first-order valence-electron chi connectivity index (χ1n) is 6.79. The number of benzene rings is 1. The van der Waals surface area contributed by atoms with Crippen LogP contribution >= 0.6 is 0 Å². The standard InChI is InChI=1S/C15H21N3O2/c1-10(2)12(16)9-15-17-14(18-20-15)8-11-6-4-5-7-13(11)19-3/h4-7,10,12H,8-9,16H2,1-3H3. The zero-order chi connectivity index (χ0) is 14.5. The summed E-state index contributed by atoms with van der Waals surface area (Å²) < 4.78 is 10.6. The van der Waals surface area contributed by atoms with Crippen LogP contribution in [0.4, 0.5) is 0 Å². The van der Waals surface area contributed by atoms with Crippen molar-refractivity contribution in [1.82, 2.24) is 10.1 Å². The van der Waals surface area contributed by atoms with Gasteiger partial charge in [-0.3, -0.25) is 0 Å². The fourth-order valence-electron chi connectivity index (χ4n) is 1.90. The van der Waals surface area contributed by atoms with Crippen molar-refractivity contribution in [3.8, 4) is 5.75 Å². The minimum absolute atomic E-state index is 0.0366. The predicted octanol–water partition coefficient (Wildman–Crippen LogP) is 2.19. The third kappa shape index (κ3) is 3.57. The van der Waals surface area contributed by atoms with Gasteiger partial charge in [0.25, 0.3) is 0 Å². The molecule has 0 saturated heterocycles. The number of nitrogens with zero attached hydrogens (tertiary/aromatic N) is 2. The first kappa shape index (κ1) is 14.5. The van der Waals surface area contributed by atoms with Crippen molar-refractivity contribution < 1.29 is 9.26 Å². The molecule has 0 saturated carbocycles. The van der Waals surface area contributed by atoms with E-state index in [1.54, 1.807) is 7.11 Å². The monoisotopic (exact) mass is 275 g/mol. The fourth-order valence-corrected chi connectivity index (χ4v) is 1.90. The molecule has 1 heterocycles. The van der Waals surface area contributed by atoms with Gasteiger partial charge in [0, 0.05) is 24.4 Å². The molecular formula is C15H21N3O2. The van der Waals surface area contributed by atoms with Crippen LogP contribution in [-0.4, -0.2) is 23.3 Å². The van der Waals surface area contributed by atoms with Gasteiger partial charge in [-0.05, 0) is 12.0 Å². The van der Waals surface area contributed by atoms with Gasteiger partial charge in [0.2, 0.25) is 5.89 Å². The second-order valence-electron chi connectivity index (χ2n) is 5.20. The second-order valence-corrected chi connectivity index (χ2v) is 5.20. The van der Waals surface area contributed by atoms with Crippen molar-refractivity contribution in [3.63, 3.8) is 0 Å². The molecule has 1 atom stereocenters. The number of nitrogens with two attached hydrogens (primary N) is 1. The summed E-state index contributed by atoms with van der Waals surface area (Å²) in [6.07, 6.45) is 1.20. The zero-order valence-electron chi connectivity index (χ0n) is 12.2. The molecule has 5 heteroatoms. The van der Waals surface area contributed by atoms with Crippen LogP contribution in [0.5, 0.6) is 5.75 Å². The maximum atomic E-state index is 6.01. The Bertz CT molecular complexity index is 552. The summed E-state index contributed by atoms with van der Waals surface area (Å²) in [4.78, 5) is 4.39. The number of hydrogen-bond donors (Lipinski definition) is 1. The highest BCUT2D eigenvalue weighted by Crippen LogP contribution is 2.20. The lowest BCUT2D eigenvalue weighted by Gasteiger charge is -2.11. The van der Waals surface area contributed by atoms with Gasteiger partial charge in [-0.1, -0.05) is 37.2 Å². The van der Waals surface area contributed by atoms with Gasteiger partial charge in [0.1, 0.15) is 5.75 Å². The molecule has 0 aliphatic rings. The minimum Gasteiger partial charge on any atom is -0.496 e. The van der Waals surface area contributed by atoms with Gasteiger partial charge in [0.05, 0.1) is 7.11 Å². The maximum absolute atomic E-state index is 6.01. The Morgan fingerprint density at radius 3 is 2.75 bits per heavy atom. The molecule has 2 rings (SSSR count). The van der Waals surface area contributed by atoms with Crippen molar-refractivity contribution >= 4 is 0 Å². The van der Waals surface area contributed by atoms with Gasteiger partial charge < -0.3 is 15.0 Å². The third-order valence-electron chi connectivity index (χ3n) is 3.32. The highest BCUT2D eigenvalue weighted by molar-refractivity contribution is 5.35.